The quantitative estimate of drug-likeness (QED) is 0.806. The van der Waals surface area contributed by atoms with Gasteiger partial charge in [0, 0.05) is 6.04 Å². The Morgan fingerprint density at radius 3 is 2.41 bits per heavy atom. The van der Waals surface area contributed by atoms with Crippen LogP contribution in [0, 0.1) is 5.82 Å². The Kier molecular flexibility index (Phi) is 4.51. The zero-order valence-corrected chi connectivity index (χ0v) is 9.74. The maximum Gasteiger partial charge on any atom is 0.419 e. The van der Waals surface area contributed by atoms with E-state index in [0.29, 0.717) is 18.5 Å². The first kappa shape index (κ1) is 14.0. The highest BCUT2D eigenvalue weighted by atomic mass is 19.4. The van der Waals surface area contributed by atoms with E-state index in [1.807, 2.05) is 13.8 Å². The van der Waals surface area contributed by atoms with Crippen molar-refractivity contribution in [3.8, 4) is 0 Å². The summed E-state index contributed by atoms with van der Waals surface area (Å²) in [6.45, 7) is 4.47. The second-order valence-corrected chi connectivity index (χ2v) is 4.17. The average Bonchev–Trinajstić information content (AvgIpc) is 2.18. The van der Waals surface area contributed by atoms with E-state index in [9.17, 15) is 17.6 Å². The lowest BCUT2D eigenvalue weighted by Gasteiger charge is -2.11. The summed E-state index contributed by atoms with van der Waals surface area (Å²) in [6.07, 6.45) is -4.19. The Morgan fingerprint density at radius 2 is 1.88 bits per heavy atom. The molecule has 1 aromatic rings. The van der Waals surface area contributed by atoms with Crippen LogP contribution in [0.4, 0.5) is 17.6 Å². The van der Waals surface area contributed by atoms with Gasteiger partial charge in [-0.25, -0.2) is 4.39 Å². The average molecular weight is 249 g/mol. The van der Waals surface area contributed by atoms with Crippen molar-refractivity contribution in [2.45, 2.75) is 32.5 Å². The summed E-state index contributed by atoms with van der Waals surface area (Å²) in [6, 6.07) is 3.40. The molecule has 1 aromatic carbocycles. The van der Waals surface area contributed by atoms with Crippen LogP contribution >= 0.6 is 0 Å². The number of nitrogens with one attached hydrogen (secondary N) is 1. The van der Waals surface area contributed by atoms with E-state index in [4.69, 9.17) is 0 Å². The van der Waals surface area contributed by atoms with E-state index < -0.39 is 17.6 Å². The molecule has 0 saturated carbocycles. The molecular weight excluding hydrogens is 234 g/mol. The van der Waals surface area contributed by atoms with Crippen LogP contribution in [0.3, 0.4) is 0 Å². The van der Waals surface area contributed by atoms with E-state index in [1.54, 1.807) is 0 Å². The van der Waals surface area contributed by atoms with Gasteiger partial charge < -0.3 is 5.32 Å². The lowest BCUT2D eigenvalue weighted by molar-refractivity contribution is -0.140. The summed E-state index contributed by atoms with van der Waals surface area (Å²) in [7, 11) is 0. The van der Waals surface area contributed by atoms with Crippen LogP contribution in [0.2, 0.25) is 0 Å². The first-order valence-corrected chi connectivity index (χ1v) is 5.39. The molecule has 1 nitrogen and oxygen atoms in total. The van der Waals surface area contributed by atoms with Crippen molar-refractivity contribution in [3.05, 3.63) is 35.1 Å². The first-order valence-electron chi connectivity index (χ1n) is 5.39. The zero-order chi connectivity index (χ0) is 13.1. The van der Waals surface area contributed by atoms with Gasteiger partial charge in [-0.3, -0.25) is 0 Å². The van der Waals surface area contributed by atoms with Gasteiger partial charge >= 0.3 is 6.18 Å². The van der Waals surface area contributed by atoms with Crippen LogP contribution in [0.1, 0.15) is 25.0 Å². The maximum atomic E-state index is 13.0. The molecule has 0 spiro atoms. The van der Waals surface area contributed by atoms with E-state index >= 15 is 0 Å². The number of halogens is 4. The minimum atomic E-state index is -4.63. The van der Waals surface area contributed by atoms with Crippen LogP contribution in [0.15, 0.2) is 18.2 Å². The second-order valence-electron chi connectivity index (χ2n) is 4.17. The third-order valence-electron chi connectivity index (χ3n) is 2.30. The molecule has 0 unspecified atom stereocenters. The Labute approximate surface area is 97.8 Å². The Morgan fingerprint density at radius 1 is 1.24 bits per heavy atom. The van der Waals surface area contributed by atoms with Crippen molar-refractivity contribution in [2.24, 2.45) is 0 Å². The highest BCUT2D eigenvalue weighted by molar-refractivity contribution is 5.27. The molecular formula is C12H15F4N. The van der Waals surface area contributed by atoms with Crippen molar-refractivity contribution in [1.29, 1.82) is 0 Å². The van der Waals surface area contributed by atoms with Gasteiger partial charge in [0.1, 0.15) is 5.82 Å². The fraction of sp³-hybridized carbons (Fsp3) is 0.500. The normalized spacial score (nSPS) is 12.2. The smallest absolute Gasteiger partial charge is 0.314 e. The molecule has 1 rings (SSSR count). The summed E-state index contributed by atoms with van der Waals surface area (Å²) in [5, 5.41) is 3.09. The molecule has 0 aliphatic rings. The van der Waals surface area contributed by atoms with E-state index in [1.165, 1.54) is 6.07 Å². The van der Waals surface area contributed by atoms with Crippen LogP contribution in [-0.2, 0) is 12.6 Å². The summed E-state index contributed by atoms with van der Waals surface area (Å²) >= 11 is 0. The van der Waals surface area contributed by atoms with Crippen molar-refractivity contribution >= 4 is 0 Å². The minimum absolute atomic E-state index is 0.275. The second kappa shape index (κ2) is 5.49. The Hall–Kier alpha value is -1.10. The molecule has 0 radical (unpaired) electrons. The van der Waals surface area contributed by atoms with E-state index in [-0.39, 0.29) is 6.04 Å². The summed E-state index contributed by atoms with van der Waals surface area (Å²) in [5.41, 5.74) is -0.716. The topological polar surface area (TPSA) is 12.0 Å². The van der Waals surface area contributed by atoms with Crippen molar-refractivity contribution in [1.82, 2.24) is 5.32 Å². The van der Waals surface area contributed by atoms with Gasteiger partial charge in [0.05, 0.1) is 5.56 Å². The lowest BCUT2D eigenvalue weighted by Crippen LogP contribution is -2.25. The van der Waals surface area contributed by atoms with Crippen molar-refractivity contribution in [2.75, 3.05) is 6.54 Å². The molecule has 0 aromatic heterocycles. The Bertz CT molecular complexity index is 371. The fourth-order valence-electron chi connectivity index (χ4n) is 1.45. The molecule has 0 aliphatic carbocycles. The van der Waals surface area contributed by atoms with Gasteiger partial charge in [0.15, 0.2) is 0 Å². The van der Waals surface area contributed by atoms with Gasteiger partial charge in [0.25, 0.3) is 0 Å². The molecule has 96 valence electrons. The highest BCUT2D eigenvalue weighted by Gasteiger charge is 2.34. The van der Waals surface area contributed by atoms with E-state index in [2.05, 4.69) is 5.32 Å². The van der Waals surface area contributed by atoms with Gasteiger partial charge in [-0.1, -0.05) is 19.9 Å². The first-order chi connectivity index (χ1) is 7.80. The predicted octanol–water partition coefficient (Wildman–Crippen LogP) is 3.39. The fourth-order valence-corrected chi connectivity index (χ4v) is 1.45. The van der Waals surface area contributed by atoms with Crippen molar-refractivity contribution < 1.29 is 17.6 Å². The van der Waals surface area contributed by atoms with Crippen molar-refractivity contribution in [3.63, 3.8) is 0 Å². The van der Waals surface area contributed by atoms with Gasteiger partial charge in [-0.15, -0.1) is 0 Å². The molecule has 0 saturated heterocycles. The van der Waals surface area contributed by atoms with Gasteiger partial charge in [-0.2, -0.15) is 13.2 Å². The van der Waals surface area contributed by atoms with Crippen LogP contribution in [0.5, 0.6) is 0 Å². The maximum absolute atomic E-state index is 13.0. The summed E-state index contributed by atoms with van der Waals surface area (Å²) in [4.78, 5) is 0. The Balaban J connectivity index is 2.76. The molecule has 0 heterocycles. The number of benzene rings is 1. The van der Waals surface area contributed by atoms with E-state index in [0.717, 1.165) is 12.1 Å². The number of rotatable bonds is 4. The number of hydrogen-bond donors (Lipinski definition) is 1. The molecule has 0 fully saturated rings. The zero-order valence-electron chi connectivity index (χ0n) is 9.74. The van der Waals surface area contributed by atoms with Gasteiger partial charge in [-0.05, 0) is 30.7 Å². The van der Waals surface area contributed by atoms with Gasteiger partial charge in [0.2, 0.25) is 0 Å². The molecule has 1 N–H and O–H groups in total. The highest BCUT2D eigenvalue weighted by Crippen LogP contribution is 2.31. The largest absolute Gasteiger partial charge is 0.419 e. The summed E-state index contributed by atoms with van der Waals surface area (Å²) in [5.74, 6) is -1.22. The predicted molar refractivity (Wildman–Crippen MR) is 58.2 cm³/mol. The third-order valence-corrected chi connectivity index (χ3v) is 2.30. The summed E-state index contributed by atoms with van der Waals surface area (Å²) < 4.78 is 50.3. The number of hydrogen-bond acceptors (Lipinski definition) is 1. The molecule has 5 heteroatoms. The number of alkyl halides is 3. The van der Waals surface area contributed by atoms with Crippen LogP contribution in [-0.4, -0.2) is 12.6 Å². The molecule has 0 aliphatic heterocycles. The molecule has 0 bridgehead atoms. The molecule has 0 atom stereocenters. The third kappa shape index (κ3) is 4.34. The minimum Gasteiger partial charge on any atom is -0.314 e. The standard InChI is InChI=1S/C12H15F4N/c1-8(2)17-6-5-9-3-4-11(13)10(7-9)12(14,15)16/h3-4,7-8,17H,5-6H2,1-2H3. The molecule has 0 amide bonds. The monoisotopic (exact) mass is 249 g/mol. The SMILES string of the molecule is CC(C)NCCc1ccc(F)c(C(F)(F)F)c1. The van der Waals surface area contributed by atoms with Crippen LogP contribution in [0.25, 0.3) is 0 Å². The van der Waals surface area contributed by atoms with Crippen LogP contribution < -0.4 is 5.32 Å². The lowest BCUT2D eigenvalue weighted by atomic mass is 10.1. The molecule has 17 heavy (non-hydrogen) atoms.